The molecule has 2 heterocycles. The summed E-state index contributed by atoms with van der Waals surface area (Å²) in [6, 6.07) is 14.6. The number of rotatable bonds is 9. The van der Waals surface area contributed by atoms with Crippen LogP contribution in [0, 0.1) is 13.8 Å². The minimum atomic E-state index is -0.774. The summed E-state index contributed by atoms with van der Waals surface area (Å²) in [6.45, 7) is 12.5. The van der Waals surface area contributed by atoms with Crippen molar-refractivity contribution in [2.75, 3.05) is 59.2 Å². The van der Waals surface area contributed by atoms with Gasteiger partial charge in [-0.2, -0.15) is 0 Å². The highest BCUT2D eigenvalue weighted by molar-refractivity contribution is 5.35. The highest BCUT2D eigenvalue weighted by Crippen LogP contribution is 2.26. The van der Waals surface area contributed by atoms with Crippen molar-refractivity contribution in [3.63, 3.8) is 0 Å². The van der Waals surface area contributed by atoms with E-state index < -0.39 is 5.60 Å². The van der Waals surface area contributed by atoms with Gasteiger partial charge in [0, 0.05) is 32.7 Å². The predicted molar refractivity (Wildman–Crippen MR) is 135 cm³/mol. The molecular formula is C28H40N2O4. The molecular weight excluding hydrogens is 428 g/mol. The average Bonchev–Trinajstić information content (AvgIpc) is 3.02. The number of hydrogen-bond donors (Lipinski definition) is 1. The maximum absolute atomic E-state index is 11.2. The van der Waals surface area contributed by atoms with Crippen LogP contribution in [-0.2, 0) is 11.3 Å². The Labute approximate surface area is 204 Å². The fourth-order valence-electron chi connectivity index (χ4n) is 4.78. The molecule has 2 fully saturated rings. The number of benzene rings is 2. The molecule has 186 valence electrons. The van der Waals surface area contributed by atoms with Gasteiger partial charge in [0.1, 0.15) is 24.7 Å². The summed E-state index contributed by atoms with van der Waals surface area (Å²) in [5.74, 6) is 1.79. The summed E-state index contributed by atoms with van der Waals surface area (Å²) < 4.78 is 17.4. The normalized spacial score (nSPS) is 22.3. The molecule has 0 saturated carbocycles. The highest BCUT2D eigenvalue weighted by Gasteiger charge is 2.31. The van der Waals surface area contributed by atoms with Crippen LogP contribution in [0.1, 0.15) is 36.0 Å². The standard InChI is InChI=1S/C28H40N2O4/c1-23-4-9-27(24(2)20-23)34-22-28(31)10-3-12-30(13-11-28)21-25-5-7-26(8-6-25)33-19-16-29-14-17-32-18-15-29/h4-9,20,31H,3,10-19,21-22H2,1-2H3/t28-/m1/s1. The lowest BCUT2D eigenvalue weighted by Gasteiger charge is -2.27. The van der Waals surface area contributed by atoms with E-state index in [2.05, 4.69) is 60.0 Å². The second-order valence-corrected chi connectivity index (χ2v) is 9.86. The molecule has 0 aromatic heterocycles. The summed E-state index contributed by atoms with van der Waals surface area (Å²) in [5.41, 5.74) is 2.84. The summed E-state index contributed by atoms with van der Waals surface area (Å²) >= 11 is 0. The van der Waals surface area contributed by atoms with Crippen LogP contribution in [0.5, 0.6) is 11.5 Å². The van der Waals surface area contributed by atoms with Crippen LogP contribution >= 0.6 is 0 Å². The molecule has 0 spiro atoms. The lowest BCUT2D eigenvalue weighted by atomic mass is 9.96. The average molecular weight is 469 g/mol. The topological polar surface area (TPSA) is 54.4 Å². The van der Waals surface area contributed by atoms with Crippen LogP contribution in [-0.4, -0.2) is 79.7 Å². The van der Waals surface area contributed by atoms with Gasteiger partial charge in [-0.1, -0.05) is 29.8 Å². The molecule has 6 heteroatoms. The second-order valence-electron chi connectivity index (χ2n) is 9.86. The number of nitrogens with zero attached hydrogens (tertiary/aromatic N) is 2. The van der Waals surface area contributed by atoms with Crippen molar-refractivity contribution in [2.24, 2.45) is 0 Å². The lowest BCUT2D eigenvalue weighted by molar-refractivity contribution is -0.0170. The maximum atomic E-state index is 11.2. The van der Waals surface area contributed by atoms with Gasteiger partial charge in [-0.05, 0) is 69.0 Å². The van der Waals surface area contributed by atoms with Crippen molar-refractivity contribution in [3.8, 4) is 11.5 Å². The van der Waals surface area contributed by atoms with Crippen LogP contribution in [0.25, 0.3) is 0 Å². The Balaban J connectivity index is 1.20. The van der Waals surface area contributed by atoms with E-state index in [9.17, 15) is 5.11 Å². The SMILES string of the molecule is Cc1ccc(OC[C@@]2(O)CCCN(Cc3ccc(OCCN4CCOCC4)cc3)CC2)c(C)c1. The van der Waals surface area contributed by atoms with Crippen LogP contribution in [0.4, 0.5) is 0 Å². The van der Waals surface area contributed by atoms with Gasteiger partial charge in [0.05, 0.1) is 18.8 Å². The van der Waals surface area contributed by atoms with E-state index in [-0.39, 0.29) is 0 Å². The van der Waals surface area contributed by atoms with E-state index in [4.69, 9.17) is 14.2 Å². The molecule has 4 rings (SSSR count). The number of morpholine rings is 1. The number of hydrogen-bond acceptors (Lipinski definition) is 6. The van der Waals surface area contributed by atoms with Crippen molar-refractivity contribution in [1.29, 1.82) is 0 Å². The Kier molecular flexibility index (Phi) is 8.84. The molecule has 1 N–H and O–H groups in total. The zero-order valence-electron chi connectivity index (χ0n) is 20.8. The van der Waals surface area contributed by atoms with Crippen LogP contribution in [0.15, 0.2) is 42.5 Å². The van der Waals surface area contributed by atoms with Crippen molar-refractivity contribution in [3.05, 3.63) is 59.2 Å². The second kappa shape index (κ2) is 12.0. The van der Waals surface area contributed by atoms with Gasteiger partial charge in [-0.15, -0.1) is 0 Å². The smallest absolute Gasteiger partial charge is 0.122 e. The third-order valence-corrected chi connectivity index (χ3v) is 6.95. The fourth-order valence-corrected chi connectivity index (χ4v) is 4.78. The van der Waals surface area contributed by atoms with Crippen molar-refractivity contribution < 1.29 is 19.3 Å². The van der Waals surface area contributed by atoms with E-state index in [0.29, 0.717) is 13.2 Å². The van der Waals surface area contributed by atoms with E-state index in [0.717, 1.165) is 88.8 Å². The summed E-state index contributed by atoms with van der Waals surface area (Å²) in [6.07, 6.45) is 2.46. The van der Waals surface area contributed by atoms with Crippen LogP contribution in [0.2, 0.25) is 0 Å². The third kappa shape index (κ3) is 7.44. The molecule has 0 radical (unpaired) electrons. The van der Waals surface area contributed by atoms with Gasteiger partial charge >= 0.3 is 0 Å². The minimum absolute atomic E-state index is 0.348. The van der Waals surface area contributed by atoms with Crippen molar-refractivity contribution in [1.82, 2.24) is 9.80 Å². The van der Waals surface area contributed by atoms with Crippen LogP contribution in [0.3, 0.4) is 0 Å². The summed E-state index contributed by atoms with van der Waals surface area (Å²) in [4.78, 5) is 4.81. The molecule has 0 aliphatic carbocycles. The van der Waals surface area contributed by atoms with Crippen LogP contribution < -0.4 is 9.47 Å². The van der Waals surface area contributed by atoms with Crippen molar-refractivity contribution in [2.45, 2.75) is 45.3 Å². The number of aryl methyl sites for hydroxylation is 2. The Morgan fingerprint density at radius 1 is 0.912 bits per heavy atom. The van der Waals surface area contributed by atoms with Gasteiger partial charge in [0.2, 0.25) is 0 Å². The third-order valence-electron chi connectivity index (χ3n) is 6.95. The van der Waals surface area contributed by atoms with Gasteiger partial charge < -0.3 is 19.3 Å². The van der Waals surface area contributed by atoms with Gasteiger partial charge in [-0.25, -0.2) is 0 Å². The zero-order chi connectivity index (χ0) is 23.8. The Morgan fingerprint density at radius 2 is 1.71 bits per heavy atom. The molecule has 2 aliphatic heterocycles. The van der Waals surface area contributed by atoms with Gasteiger partial charge in [-0.3, -0.25) is 9.80 Å². The summed E-state index contributed by atoms with van der Waals surface area (Å²) in [5, 5.41) is 11.2. The fraction of sp³-hybridized carbons (Fsp3) is 0.571. The first-order valence-corrected chi connectivity index (χ1v) is 12.7. The van der Waals surface area contributed by atoms with Gasteiger partial charge in [0.25, 0.3) is 0 Å². The highest BCUT2D eigenvalue weighted by atomic mass is 16.5. The predicted octanol–water partition coefficient (Wildman–Crippen LogP) is 3.81. The molecule has 0 bridgehead atoms. The molecule has 6 nitrogen and oxygen atoms in total. The summed E-state index contributed by atoms with van der Waals surface area (Å²) in [7, 11) is 0. The Morgan fingerprint density at radius 3 is 2.47 bits per heavy atom. The first-order chi connectivity index (χ1) is 16.5. The number of ether oxygens (including phenoxy) is 3. The molecule has 0 unspecified atom stereocenters. The van der Waals surface area contributed by atoms with E-state index in [1.165, 1.54) is 11.1 Å². The Bertz CT molecular complexity index is 898. The van der Waals surface area contributed by atoms with E-state index in [1.807, 2.05) is 6.07 Å². The molecule has 2 saturated heterocycles. The van der Waals surface area contributed by atoms with Crippen molar-refractivity contribution >= 4 is 0 Å². The maximum Gasteiger partial charge on any atom is 0.122 e. The molecule has 0 amide bonds. The molecule has 2 aromatic rings. The lowest BCUT2D eigenvalue weighted by Crippen LogP contribution is -2.38. The zero-order valence-corrected chi connectivity index (χ0v) is 20.8. The van der Waals surface area contributed by atoms with E-state index in [1.54, 1.807) is 0 Å². The number of likely N-dealkylation sites (tertiary alicyclic amines) is 1. The van der Waals surface area contributed by atoms with E-state index >= 15 is 0 Å². The molecule has 1 atom stereocenters. The largest absolute Gasteiger partial charge is 0.492 e. The molecule has 2 aromatic carbocycles. The quantitative estimate of drug-likeness (QED) is 0.604. The first-order valence-electron chi connectivity index (χ1n) is 12.7. The molecule has 34 heavy (non-hydrogen) atoms. The monoisotopic (exact) mass is 468 g/mol. The molecule has 2 aliphatic rings. The first kappa shape index (κ1) is 25.0. The van der Waals surface area contributed by atoms with Gasteiger partial charge in [0.15, 0.2) is 0 Å². The number of aliphatic hydroxyl groups is 1. The Hall–Kier alpha value is -2.12. The minimum Gasteiger partial charge on any atom is -0.492 e.